The van der Waals surface area contributed by atoms with Gasteiger partial charge in [0.05, 0.1) is 11.0 Å². The minimum Gasteiger partial charge on any atom is -0.486 e. The number of nitrogens with two attached hydrogens (primary N) is 1. The van der Waals surface area contributed by atoms with Crippen LogP contribution >= 0.6 is 15.9 Å². The third kappa shape index (κ3) is 2.71. The average molecular weight is 318 g/mol. The van der Waals surface area contributed by atoms with E-state index in [9.17, 15) is 0 Å². The second-order valence-electron chi connectivity index (χ2n) is 4.21. The van der Waals surface area contributed by atoms with E-state index in [1.54, 1.807) is 6.07 Å². The number of nitrogens with zero attached hydrogens (tertiary/aromatic N) is 1. The summed E-state index contributed by atoms with van der Waals surface area (Å²) in [5.74, 6) is 1.53. The third-order valence-corrected chi connectivity index (χ3v) is 3.22. The largest absolute Gasteiger partial charge is 0.486 e. The second-order valence-corrected chi connectivity index (χ2v) is 5.12. The number of nitrogen functional groups attached to an aromatic ring is 1. The van der Waals surface area contributed by atoms with Crippen molar-refractivity contribution in [2.24, 2.45) is 0 Å². The highest BCUT2D eigenvalue weighted by atomic mass is 79.9. The van der Waals surface area contributed by atoms with E-state index in [0.29, 0.717) is 12.3 Å². The molecule has 0 aliphatic heterocycles. The Morgan fingerprint density at radius 3 is 2.95 bits per heavy atom. The van der Waals surface area contributed by atoms with Crippen LogP contribution in [0.5, 0.6) is 5.75 Å². The highest BCUT2D eigenvalue weighted by Gasteiger charge is 2.04. The summed E-state index contributed by atoms with van der Waals surface area (Å²) in [6.07, 6.45) is 0. The fraction of sp³-hybridized carbons (Fsp3) is 0.0714. The maximum atomic E-state index is 5.70. The normalized spacial score (nSPS) is 10.8. The first-order chi connectivity index (χ1) is 9.20. The van der Waals surface area contributed by atoms with Gasteiger partial charge in [-0.3, -0.25) is 0 Å². The van der Waals surface area contributed by atoms with Crippen LogP contribution in [0.4, 0.5) is 5.69 Å². The van der Waals surface area contributed by atoms with Crippen LogP contribution in [0.15, 0.2) is 46.9 Å². The molecule has 5 heteroatoms. The van der Waals surface area contributed by atoms with Gasteiger partial charge in [-0.25, -0.2) is 4.98 Å². The molecule has 0 saturated carbocycles. The number of anilines is 1. The van der Waals surface area contributed by atoms with Gasteiger partial charge >= 0.3 is 0 Å². The topological polar surface area (TPSA) is 63.9 Å². The molecule has 0 amide bonds. The molecule has 4 nitrogen and oxygen atoms in total. The number of ether oxygens (including phenoxy) is 1. The van der Waals surface area contributed by atoms with Crippen molar-refractivity contribution < 1.29 is 4.74 Å². The molecule has 0 unspecified atom stereocenters. The number of hydrogen-bond acceptors (Lipinski definition) is 3. The predicted octanol–water partition coefficient (Wildman–Crippen LogP) is 3.49. The monoisotopic (exact) mass is 317 g/mol. The van der Waals surface area contributed by atoms with Crippen molar-refractivity contribution in [1.29, 1.82) is 0 Å². The highest BCUT2D eigenvalue weighted by molar-refractivity contribution is 9.10. The van der Waals surface area contributed by atoms with Crippen molar-refractivity contribution in [3.05, 3.63) is 52.8 Å². The molecule has 0 aliphatic carbocycles. The van der Waals surface area contributed by atoms with Crippen molar-refractivity contribution in [3.8, 4) is 5.75 Å². The molecule has 0 spiro atoms. The van der Waals surface area contributed by atoms with Crippen molar-refractivity contribution in [2.45, 2.75) is 6.61 Å². The third-order valence-electron chi connectivity index (χ3n) is 2.73. The Morgan fingerprint density at radius 1 is 1.21 bits per heavy atom. The molecule has 0 aliphatic rings. The number of benzene rings is 2. The minimum absolute atomic E-state index is 0.385. The molecule has 0 fully saturated rings. The molecular formula is C14H12BrN3O. The molecule has 19 heavy (non-hydrogen) atoms. The molecule has 0 saturated heterocycles. The molecule has 0 bridgehead atoms. The number of nitrogens with one attached hydrogen (secondary N) is 1. The molecule has 1 heterocycles. The zero-order valence-electron chi connectivity index (χ0n) is 10.1. The number of H-pyrrole nitrogens is 1. The number of aromatic amines is 1. The second kappa shape index (κ2) is 4.93. The van der Waals surface area contributed by atoms with Gasteiger partial charge in [-0.15, -0.1) is 0 Å². The average Bonchev–Trinajstić information content (AvgIpc) is 2.78. The van der Waals surface area contributed by atoms with Gasteiger partial charge in [0.25, 0.3) is 0 Å². The smallest absolute Gasteiger partial charge is 0.146 e. The lowest BCUT2D eigenvalue weighted by Gasteiger charge is -2.04. The van der Waals surface area contributed by atoms with Crippen LogP contribution in [0, 0.1) is 0 Å². The van der Waals surface area contributed by atoms with E-state index in [2.05, 4.69) is 25.9 Å². The van der Waals surface area contributed by atoms with E-state index < -0.39 is 0 Å². The summed E-state index contributed by atoms with van der Waals surface area (Å²) in [5, 5.41) is 0. The first-order valence-electron chi connectivity index (χ1n) is 5.83. The zero-order chi connectivity index (χ0) is 13.2. The van der Waals surface area contributed by atoms with Gasteiger partial charge in [-0.05, 0) is 30.3 Å². The maximum absolute atomic E-state index is 5.70. The van der Waals surface area contributed by atoms with Crippen LogP contribution in [-0.4, -0.2) is 9.97 Å². The highest BCUT2D eigenvalue weighted by Crippen LogP contribution is 2.19. The lowest BCUT2D eigenvalue weighted by molar-refractivity contribution is 0.297. The number of imidazole rings is 1. The first-order valence-corrected chi connectivity index (χ1v) is 6.62. The SMILES string of the molecule is Nc1cccc(OCc2nc3ccc(Br)cc3[nH]2)c1. The van der Waals surface area contributed by atoms with Crippen molar-refractivity contribution >= 4 is 32.7 Å². The van der Waals surface area contributed by atoms with Gasteiger partial charge in [0.1, 0.15) is 18.2 Å². The van der Waals surface area contributed by atoms with Crippen LogP contribution in [0.3, 0.4) is 0 Å². The Hall–Kier alpha value is -2.01. The van der Waals surface area contributed by atoms with Crippen LogP contribution in [-0.2, 0) is 6.61 Å². The summed E-state index contributed by atoms with van der Waals surface area (Å²) in [7, 11) is 0. The maximum Gasteiger partial charge on any atom is 0.146 e. The van der Waals surface area contributed by atoms with E-state index in [1.807, 2.05) is 36.4 Å². The first kappa shape index (κ1) is 12.0. The summed E-state index contributed by atoms with van der Waals surface area (Å²) in [6.45, 7) is 0.385. The standard InChI is InChI=1S/C14H12BrN3O/c15-9-4-5-12-13(6-9)18-14(17-12)8-19-11-3-1-2-10(16)7-11/h1-7H,8,16H2,(H,17,18). The molecule has 1 aromatic heterocycles. The molecular weight excluding hydrogens is 306 g/mol. The van der Waals surface area contributed by atoms with Gasteiger partial charge < -0.3 is 15.5 Å². The molecule has 3 aromatic rings. The van der Waals surface area contributed by atoms with Gasteiger partial charge in [-0.2, -0.15) is 0 Å². The lowest BCUT2D eigenvalue weighted by atomic mass is 10.3. The van der Waals surface area contributed by atoms with Crippen LogP contribution in [0.25, 0.3) is 11.0 Å². The Kier molecular flexibility index (Phi) is 3.13. The summed E-state index contributed by atoms with van der Waals surface area (Å²) >= 11 is 3.43. The van der Waals surface area contributed by atoms with E-state index in [-0.39, 0.29) is 0 Å². The summed E-state index contributed by atoms with van der Waals surface area (Å²) in [5.41, 5.74) is 8.29. The Labute approximate surface area is 118 Å². The Balaban J connectivity index is 1.78. The Bertz CT molecular complexity index is 724. The van der Waals surface area contributed by atoms with Crippen LogP contribution in [0.1, 0.15) is 5.82 Å². The number of aromatic nitrogens is 2. The zero-order valence-corrected chi connectivity index (χ0v) is 11.6. The van der Waals surface area contributed by atoms with Gasteiger partial charge in [0.2, 0.25) is 0 Å². The number of rotatable bonds is 3. The number of hydrogen-bond donors (Lipinski definition) is 2. The van der Waals surface area contributed by atoms with Gasteiger partial charge in [0, 0.05) is 16.2 Å². The quantitative estimate of drug-likeness (QED) is 0.727. The molecule has 3 rings (SSSR count). The summed E-state index contributed by atoms with van der Waals surface area (Å²) in [4.78, 5) is 7.68. The molecule has 0 atom stereocenters. The molecule has 0 radical (unpaired) electrons. The van der Waals surface area contributed by atoms with Crippen molar-refractivity contribution in [3.63, 3.8) is 0 Å². The van der Waals surface area contributed by atoms with Crippen LogP contribution < -0.4 is 10.5 Å². The molecule has 2 aromatic carbocycles. The van der Waals surface area contributed by atoms with Gasteiger partial charge in [-0.1, -0.05) is 22.0 Å². The van der Waals surface area contributed by atoms with Gasteiger partial charge in [0.15, 0.2) is 0 Å². The van der Waals surface area contributed by atoms with E-state index >= 15 is 0 Å². The summed E-state index contributed by atoms with van der Waals surface area (Å²) < 4.78 is 6.67. The van der Waals surface area contributed by atoms with Crippen molar-refractivity contribution in [1.82, 2.24) is 9.97 Å². The Morgan fingerprint density at radius 2 is 2.11 bits per heavy atom. The predicted molar refractivity (Wildman–Crippen MR) is 79.0 cm³/mol. The molecule has 3 N–H and O–H groups in total. The van der Waals surface area contributed by atoms with E-state index in [0.717, 1.165) is 27.1 Å². The van der Waals surface area contributed by atoms with E-state index in [4.69, 9.17) is 10.5 Å². The molecule has 96 valence electrons. The summed E-state index contributed by atoms with van der Waals surface area (Å²) in [6, 6.07) is 13.3. The fourth-order valence-corrected chi connectivity index (χ4v) is 2.22. The van der Waals surface area contributed by atoms with Crippen LogP contribution in [0.2, 0.25) is 0 Å². The van der Waals surface area contributed by atoms with E-state index in [1.165, 1.54) is 0 Å². The number of fused-ring (bicyclic) bond motifs is 1. The fourth-order valence-electron chi connectivity index (χ4n) is 1.86. The number of halogens is 1. The van der Waals surface area contributed by atoms with Crippen molar-refractivity contribution in [2.75, 3.05) is 5.73 Å². The minimum atomic E-state index is 0.385. The lowest BCUT2D eigenvalue weighted by Crippen LogP contribution is -1.97.